The van der Waals surface area contributed by atoms with Crippen LogP contribution in [0.1, 0.15) is 12.6 Å². The molecule has 1 aromatic heterocycles. The van der Waals surface area contributed by atoms with Crippen molar-refractivity contribution in [3.05, 3.63) is 12.0 Å². The Labute approximate surface area is 87.4 Å². The van der Waals surface area contributed by atoms with Crippen molar-refractivity contribution in [3.63, 3.8) is 0 Å². The molecule has 1 unspecified atom stereocenters. The zero-order valence-electron chi connectivity index (χ0n) is 8.53. The summed E-state index contributed by atoms with van der Waals surface area (Å²) in [6.45, 7) is 3.69. The Kier molecular flexibility index (Phi) is 4.00. The van der Waals surface area contributed by atoms with Gasteiger partial charge in [0, 0.05) is 11.7 Å². The fraction of sp³-hybridized carbons (Fsp3) is 0.556. The number of aryl methyl sites for hydroxylation is 1. The molecule has 0 aliphatic carbocycles. The van der Waals surface area contributed by atoms with E-state index in [-0.39, 0.29) is 11.8 Å². The van der Waals surface area contributed by atoms with Crippen molar-refractivity contribution in [2.24, 2.45) is 5.92 Å². The lowest BCUT2D eigenvalue weighted by Gasteiger charge is -2.09. The Morgan fingerprint density at radius 3 is 3.00 bits per heavy atom. The van der Waals surface area contributed by atoms with E-state index in [2.05, 4.69) is 10.5 Å². The normalized spacial score (nSPS) is 12.5. The molecule has 0 fully saturated rings. The Bertz CT molecular complexity index is 312. The summed E-state index contributed by atoms with van der Waals surface area (Å²) in [5.41, 5.74) is 1.36. The number of carbonyl (C=O) groups is 1. The van der Waals surface area contributed by atoms with Gasteiger partial charge in [0.25, 0.3) is 0 Å². The van der Waals surface area contributed by atoms with E-state index in [1.54, 1.807) is 18.7 Å². The maximum absolute atomic E-state index is 11.6. The fourth-order valence-electron chi connectivity index (χ4n) is 0.994. The van der Waals surface area contributed by atoms with E-state index in [0.717, 1.165) is 5.75 Å². The molecule has 0 bridgehead atoms. The predicted octanol–water partition coefficient (Wildman–Crippen LogP) is 1.92. The van der Waals surface area contributed by atoms with Gasteiger partial charge in [-0.2, -0.15) is 11.8 Å². The zero-order chi connectivity index (χ0) is 10.6. The van der Waals surface area contributed by atoms with Crippen LogP contribution in [0.15, 0.2) is 10.8 Å². The molecule has 0 aliphatic heterocycles. The third-order valence-corrected chi connectivity index (χ3v) is 2.71. The highest BCUT2D eigenvalue weighted by Crippen LogP contribution is 2.14. The Morgan fingerprint density at radius 2 is 2.50 bits per heavy atom. The van der Waals surface area contributed by atoms with Gasteiger partial charge in [0.2, 0.25) is 5.91 Å². The molecule has 0 saturated carbocycles. The van der Waals surface area contributed by atoms with Crippen LogP contribution in [0.5, 0.6) is 0 Å². The van der Waals surface area contributed by atoms with Crippen molar-refractivity contribution in [1.82, 2.24) is 5.16 Å². The first kappa shape index (κ1) is 11.1. The van der Waals surface area contributed by atoms with Crippen LogP contribution < -0.4 is 5.32 Å². The van der Waals surface area contributed by atoms with E-state index >= 15 is 0 Å². The summed E-state index contributed by atoms with van der Waals surface area (Å²) in [6.07, 6.45) is 3.42. The summed E-state index contributed by atoms with van der Waals surface area (Å²) in [6, 6.07) is 0. The second kappa shape index (κ2) is 5.05. The number of rotatable bonds is 4. The second-order valence-electron chi connectivity index (χ2n) is 3.16. The van der Waals surface area contributed by atoms with Crippen molar-refractivity contribution in [1.29, 1.82) is 0 Å². The highest BCUT2D eigenvalue weighted by atomic mass is 32.2. The smallest absolute Gasteiger partial charge is 0.228 e. The molecular formula is C9H14N2O2S. The standard InChI is InChI=1S/C9H14N2O2S/c1-6(5-14-3)9(12)10-8-4-13-11-7(8)2/h4,6H,5H2,1-3H3,(H,10,12). The van der Waals surface area contributed by atoms with Crippen molar-refractivity contribution >= 4 is 23.4 Å². The number of aromatic nitrogens is 1. The second-order valence-corrected chi connectivity index (χ2v) is 4.07. The van der Waals surface area contributed by atoms with E-state index in [9.17, 15) is 4.79 Å². The van der Waals surface area contributed by atoms with Gasteiger partial charge in [-0.05, 0) is 13.2 Å². The largest absolute Gasteiger partial charge is 0.362 e. The number of hydrogen-bond acceptors (Lipinski definition) is 4. The molecule has 1 N–H and O–H groups in total. The molecule has 78 valence electrons. The number of hydrogen-bond donors (Lipinski definition) is 1. The van der Waals surface area contributed by atoms with Crippen molar-refractivity contribution < 1.29 is 9.32 Å². The number of anilines is 1. The van der Waals surface area contributed by atoms with E-state index in [1.165, 1.54) is 6.26 Å². The molecule has 14 heavy (non-hydrogen) atoms. The third-order valence-electron chi connectivity index (χ3n) is 1.87. The minimum absolute atomic E-state index is 0.000648. The average Bonchev–Trinajstić information content (AvgIpc) is 2.52. The van der Waals surface area contributed by atoms with Crippen LogP contribution in [0.2, 0.25) is 0 Å². The topological polar surface area (TPSA) is 55.1 Å². The molecule has 4 nitrogen and oxygen atoms in total. The van der Waals surface area contributed by atoms with Crippen LogP contribution in [0.25, 0.3) is 0 Å². The fourth-order valence-corrected chi connectivity index (χ4v) is 1.65. The average molecular weight is 214 g/mol. The third kappa shape index (κ3) is 2.77. The van der Waals surface area contributed by atoms with Gasteiger partial charge in [-0.15, -0.1) is 0 Å². The van der Waals surface area contributed by atoms with E-state index < -0.39 is 0 Å². The van der Waals surface area contributed by atoms with Crippen LogP contribution in [-0.4, -0.2) is 23.1 Å². The molecule has 1 heterocycles. The van der Waals surface area contributed by atoms with Crippen LogP contribution in [0.3, 0.4) is 0 Å². The zero-order valence-corrected chi connectivity index (χ0v) is 9.35. The van der Waals surface area contributed by atoms with Gasteiger partial charge in [0.15, 0.2) is 0 Å². The molecule has 1 atom stereocenters. The molecule has 1 aromatic rings. The molecule has 0 saturated heterocycles. The molecule has 1 amide bonds. The monoisotopic (exact) mass is 214 g/mol. The Morgan fingerprint density at radius 1 is 1.79 bits per heavy atom. The summed E-state index contributed by atoms with van der Waals surface area (Å²) in [5.74, 6) is 0.820. The summed E-state index contributed by atoms with van der Waals surface area (Å²) >= 11 is 1.65. The lowest BCUT2D eigenvalue weighted by atomic mass is 10.2. The number of nitrogens with zero attached hydrogens (tertiary/aromatic N) is 1. The minimum atomic E-state index is -0.000648. The van der Waals surface area contributed by atoms with Gasteiger partial charge in [-0.1, -0.05) is 12.1 Å². The summed E-state index contributed by atoms with van der Waals surface area (Å²) in [7, 11) is 0. The van der Waals surface area contributed by atoms with E-state index in [1.807, 2.05) is 13.2 Å². The first-order chi connectivity index (χ1) is 6.65. The summed E-state index contributed by atoms with van der Waals surface area (Å²) in [4.78, 5) is 11.6. The lowest BCUT2D eigenvalue weighted by molar-refractivity contribution is -0.118. The minimum Gasteiger partial charge on any atom is -0.362 e. The van der Waals surface area contributed by atoms with Gasteiger partial charge < -0.3 is 9.84 Å². The highest BCUT2D eigenvalue weighted by Gasteiger charge is 2.14. The van der Waals surface area contributed by atoms with Gasteiger partial charge in [0.1, 0.15) is 17.6 Å². The summed E-state index contributed by atoms with van der Waals surface area (Å²) < 4.78 is 4.72. The maximum Gasteiger partial charge on any atom is 0.228 e. The Balaban J connectivity index is 2.53. The van der Waals surface area contributed by atoms with Crippen LogP contribution in [-0.2, 0) is 4.79 Å². The quantitative estimate of drug-likeness (QED) is 0.832. The maximum atomic E-state index is 11.6. The first-order valence-electron chi connectivity index (χ1n) is 4.36. The molecule has 5 heteroatoms. The van der Waals surface area contributed by atoms with Crippen molar-refractivity contribution in [3.8, 4) is 0 Å². The highest BCUT2D eigenvalue weighted by molar-refractivity contribution is 7.98. The summed E-state index contributed by atoms with van der Waals surface area (Å²) in [5, 5.41) is 6.45. The van der Waals surface area contributed by atoms with E-state index in [0.29, 0.717) is 11.4 Å². The molecule has 0 aliphatic rings. The van der Waals surface area contributed by atoms with Gasteiger partial charge in [-0.25, -0.2) is 0 Å². The van der Waals surface area contributed by atoms with E-state index in [4.69, 9.17) is 4.52 Å². The SMILES string of the molecule is CSCC(C)C(=O)Nc1conc1C. The van der Waals surface area contributed by atoms with Gasteiger partial charge in [-0.3, -0.25) is 4.79 Å². The molecule has 0 spiro atoms. The van der Waals surface area contributed by atoms with Crippen molar-refractivity contribution in [2.75, 3.05) is 17.3 Å². The molecule has 1 rings (SSSR count). The Hall–Kier alpha value is -0.970. The number of carbonyl (C=O) groups excluding carboxylic acids is 1. The number of thioether (sulfide) groups is 1. The molecular weight excluding hydrogens is 200 g/mol. The predicted molar refractivity (Wildman–Crippen MR) is 57.4 cm³/mol. The van der Waals surface area contributed by atoms with Crippen LogP contribution in [0.4, 0.5) is 5.69 Å². The number of amides is 1. The first-order valence-corrected chi connectivity index (χ1v) is 5.75. The lowest BCUT2D eigenvalue weighted by Crippen LogP contribution is -2.22. The van der Waals surface area contributed by atoms with Crippen LogP contribution in [0, 0.1) is 12.8 Å². The number of nitrogens with one attached hydrogen (secondary N) is 1. The van der Waals surface area contributed by atoms with Crippen molar-refractivity contribution in [2.45, 2.75) is 13.8 Å². The molecule has 0 aromatic carbocycles. The molecule has 0 radical (unpaired) electrons. The van der Waals surface area contributed by atoms with Gasteiger partial charge in [0.05, 0.1) is 0 Å². The van der Waals surface area contributed by atoms with Gasteiger partial charge >= 0.3 is 0 Å². The van der Waals surface area contributed by atoms with Crippen LogP contribution >= 0.6 is 11.8 Å².